The summed E-state index contributed by atoms with van der Waals surface area (Å²) in [6.45, 7) is 5.84. The van der Waals surface area contributed by atoms with Crippen LogP contribution in [0.5, 0.6) is 0 Å². The van der Waals surface area contributed by atoms with Crippen LogP contribution in [0.1, 0.15) is 6.92 Å². The summed E-state index contributed by atoms with van der Waals surface area (Å²) in [5.41, 5.74) is -0.856. The lowest BCUT2D eigenvalue weighted by Gasteiger charge is -2.22. The number of nitrogens with one attached hydrogen (secondary N) is 2. The lowest BCUT2D eigenvalue weighted by molar-refractivity contribution is 0.0870. The number of hydrogen-bond acceptors (Lipinski definition) is 3. The standard InChI is InChI=1S/C9H18N2O2S/c1-4-5-10-8(12)11-6-9(2,13)7-14-3/h4,13H,1,5-7H2,2-3H3,(H2,10,11,12). The monoisotopic (exact) mass is 218 g/mol. The maximum absolute atomic E-state index is 11.1. The van der Waals surface area contributed by atoms with Gasteiger partial charge in [-0.15, -0.1) is 6.58 Å². The average Bonchev–Trinajstić information content (AvgIpc) is 2.11. The summed E-state index contributed by atoms with van der Waals surface area (Å²) in [4.78, 5) is 11.1. The van der Waals surface area contributed by atoms with E-state index in [-0.39, 0.29) is 12.6 Å². The van der Waals surface area contributed by atoms with Gasteiger partial charge in [0.2, 0.25) is 0 Å². The third kappa shape index (κ3) is 6.80. The predicted octanol–water partition coefficient (Wildman–Crippen LogP) is 0.586. The lowest BCUT2D eigenvalue weighted by Crippen LogP contribution is -2.46. The average molecular weight is 218 g/mol. The highest BCUT2D eigenvalue weighted by molar-refractivity contribution is 7.98. The van der Waals surface area contributed by atoms with Gasteiger partial charge in [-0.3, -0.25) is 0 Å². The van der Waals surface area contributed by atoms with Crippen LogP contribution in [0.15, 0.2) is 12.7 Å². The van der Waals surface area contributed by atoms with E-state index in [2.05, 4.69) is 17.2 Å². The van der Waals surface area contributed by atoms with Crippen molar-refractivity contribution in [2.45, 2.75) is 12.5 Å². The van der Waals surface area contributed by atoms with Gasteiger partial charge in [-0.1, -0.05) is 6.08 Å². The molecule has 0 aliphatic carbocycles. The second kappa shape index (κ2) is 6.73. The molecule has 0 aromatic rings. The van der Waals surface area contributed by atoms with Crippen LogP contribution in [-0.4, -0.2) is 41.8 Å². The van der Waals surface area contributed by atoms with E-state index in [0.29, 0.717) is 12.3 Å². The minimum absolute atomic E-state index is 0.247. The van der Waals surface area contributed by atoms with Crippen molar-refractivity contribution in [1.29, 1.82) is 0 Å². The predicted molar refractivity (Wildman–Crippen MR) is 60.6 cm³/mol. The van der Waals surface area contributed by atoms with E-state index < -0.39 is 5.60 Å². The molecule has 0 spiro atoms. The van der Waals surface area contributed by atoms with E-state index >= 15 is 0 Å². The zero-order valence-electron chi connectivity index (χ0n) is 8.67. The smallest absolute Gasteiger partial charge is 0.315 e. The van der Waals surface area contributed by atoms with Crippen LogP contribution in [0.3, 0.4) is 0 Å². The number of rotatable bonds is 6. The number of amides is 2. The molecule has 0 aromatic heterocycles. The molecule has 0 aliphatic rings. The maximum Gasteiger partial charge on any atom is 0.315 e. The molecule has 0 saturated carbocycles. The molecule has 0 rings (SSSR count). The third-order valence-electron chi connectivity index (χ3n) is 1.49. The SMILES string of the molecule is C=CCNC(=O)NCC(C)(O)CSC. The number of thioether (sulfide) groups is 1. The van der Waals surface area contributed by atoms with Gasteiger partial charge in [0.15, 0.2) is 0 Å². The van der Waals surface area contributed by atoms with Gasteiger partial charge in [0, 0.05) is 18.8 Å². The number of urea groups is 1. The molecule has 1 unspecified atom stereocenters. The minimum Gasteiger partial charge on any atom is -0.387 e. The van der Waals surface area contributed by atoms with Crippen LogP contribution in [0.25, 0.3) is 0 Å². The number of carbonyl (C=O) groups is 1. The molecule has 82 valence electrons. The first kappa shape index (κ1) is 13.3. The Balaban J connectivity index is 3.69. The van der Waals surface area contributed by atoms with Crippen molar-refractivity contribution in [1.82, 2.24) is 10.6 Å². The molecule has 4 nitrogen and oxygen atoms in total. The molecular weight excluding hydrogens is 200 g/mol. The van der Waals surface area contributed by atoms with E-state index in [1.165, 1.54) is 0 Å². The van der Waals surface area contributed by atoms with Crippen molar-refractivity contribution < 1.29 is 9.90 Å². The zero-order valence-corrected chi connectivity index (χ0v) is 9.49. The molecule has 0 radical (unpaired) electrons. The van der Waals surface area contributed by atoms with Gasteiger partial charge in [0.1, 0.15) is 0 Å². The van der Waals surface area contributed by atoms with Crippen LogP contribution in [0.2, 0.25) is 0 Å². The van der Waals surface area contributed by atoms with Gasteiger partial charge >= 0.3 is 6.03 Å². The molecular formula is C9H18N2O2S. The Morgan fingerprint density at radius 3 is 2.79 bits per heavy atom. The van der Waals surface area contributed by atoms with Gasteiger partial charge in [-0.2, -0.15) is 11.8 Å². The van der Waals surface area contributed by atoms with Crippen molar-refractivity contribution in [3.8, 4) is 0 Å². The van der Waals surface area contributed by atoms with Crippen molar-refractivity contribution in [2.24, 2.45) is 0 Å². The van der Waals surface area contributed by atoms with Crippen LogP contribution >= 0.6 is 11.8 Å². The fourth-order valence-corrected chi connectivity index (χ4v) is 1.58. The summed E-state index contributed by atoms with van der Waals surface area (Å²) >= 11 is 1.54. The molecule has 5 heteroatoms. The molecule has 3 N–H and O–H groups in total. The maximum atomic E-state index is 11.1. The van der Waals surface area contributed by atoms with Crippen LogP contribution in [-0.2, 0) is 0 Å². The third-order valence-corrected chi connectivity index (χ3v) is 2.40. The molecule has 0 aromatic carbocycles. The molecule has 0 aliphatic heterocycles. The second-order valence-electron chi connectivity index (χ2n) is 3.28. The van der Waals surface area contributed by atoms with Gasteiger partial charge in [-0.05, 0) is 13.2 Å². The topological polar surface area (TPSA) is 61.4 Å². The highest BCUT2D eigenvalue weighted by Crippen LogP contribution is 2.08. The number of carbonyl (C=O) groups excluding carboxylic acids is 1. The zero-order chi connectivity index (χ0) is 11.0. The molecule has 0 fully saturated rings. The normalized spacial score (nSPS) is 14.2. The van der Waals surface area contributed by atoms with E-state index in [0.717, 1.165) is 0 Å². The van der Waals surface area contributed by atoms with Crippen LogP contribution in [0, 0.1) is 0 Å². The molecule has 0 bridgehead atoms. The van der Waals surface area contributed by atoms with E-state index in [1.54, 1.807) is 24.8 Å². The summed E-state index contributed by atoms with van der Waals surface area (Å²) in [7, 11) is 0. The highest BCUT2D eigenvalue weighted by atomic mass is 32.2. The Bertz CT molecular complexity index is 195. The summed E-state index contributed by atoms with van der Waals surface area (Å²) < 4.78 is 0. The number of hydrogen-bond donors (Lipinski definition) is 3. The van der Waals surface area contributed by atoms with Gasteiger partial charge in [0.25, 0.3) is 0 Å². The Labute approximate surface area is 89.1 Å². The summed E-state index contributed by atoms with van der Waals surface area (Å²) in [6.07, 6.45) is 3.51. The molecule has 2 amide bonds. The molecule has 14 heavy (non-hydrogen) atoms. The van der Waals surface area contributed by atoms with Crippen LogP contribution in [0.4, 0.5) is 4.79 Å². The Hall–Kier alpha value is -0.680. The Kier molecular flexibility index (Phi) is 6.40. The Morgan fingerprint density at radius 1 is 1.64 bits per heavy atom. The first-order valence-electron chi connectivity index (χ1n) is 4.36. The summed E-state index contributed by atoms with van der Waals surface area (Å²) in [6, 6.07) is -0.286. The first-order chi connectivity index (χ1) is 6.52. The fraction of sp³-hybridized carbons (Fsp3) is 0.667. The molecule has 0 heterocycles. The quantitative estimate of drug-likeness (QED) is 0.572. The second-order valence-corrected chi connectivity index (χ2v) is 4.15. The van der Waals surface area contributed by atoms with Crippen molar-refractivity contribution in [3.63, 3.8) is 0 Å². The van der Waals surface area contributed by atoms with Gasteiger partial charge in [-0.25, -0.2) is 4.79 Å². The van der Waals surface area contributed by atoms with E-state index in [4.69, 9.17) is 0 Å². The lowest BCUT2D eigenvalue weighted by atomic mass is 10.1. The summed E-state index contributed by atoms with van der Waals surface area (Å²) in [5, 5.41) is 14.8. The van der Waals surface area contributed by atoms with Crippen LogP contribution < -0.4 is 10.6 Å². The van der Waals surface area contributed by atoms with Crippen molar-refractivity contribution in [3.05, 3.63) is 12.7 Å². The fourth-order valence-electron chi connectivity index (χ4n) is 0.860. The van der Waals surface area contributed by atoms with Gasteiger partial charge in [0.05, 0.1) is 5.60 Å². The molecule has 0 saturated heterocycles. The summed E-state index contributed by atoms with van der Waals surface area (Å²) in [5.74, 6) is 0.592. The molecule has 1 atom stereocenters. The highest BCUT2D eigenvalue weighted by Gasteiger charge is 2.19. The van der Waals surface area contributed by atoms with E-state index in [9.17, 15) is 9.90 Å². The van der Waals surface area contributed by atoms with E-state index in [1.807, 2.05) is 6.26 Å². The largest absolute Gasteiger partial charge is 0.387 e. The van der Waals surface area contributed by atoms with Crippen molar-refractivity contribution in [2.75, 3.05) is 25.1 Å². The first-order valence-corrected chi connectivity index (χ1v) is 5.75. The Morgan fingerprint density at radius 2 is 2.29 bits per heavy atom. The van der Waals surface area contributed by atoms with Gasteiger partial charge < -0.3 is 15.7 Å². The minimum atomic E-state index is -0.856. The number of aliphatic hydroxyl groups is 1. The van der Waals surface area contributed by atoms with Crippen molar-refractivity contribution >= 4 is 17.8 Å².